The normalized spacial score (nSPS) is 13.5. The van der Waals surface area contributed by atoms with Gasteiger partial charge in [0.05, 0.1) is 17.9 Å². The van der Waals surface area contributed by atoms with E-state index in [-0.39, 0.29) is 5.91 Å². The van der Waals surface area contributed by atoms with Crippen LogP contribution in [-0.2, 0) is 17.9 Å². The number of benzene rings is 2. The van der Waals surface area contributed by atoms with Crippen LogP contribution in [0.15, 0.2) is 42.5 Å². The van der Waals surface area contributed by atoms with E-state index < -0.39 is 0 Å². The molecule has 0 spiro atoms. The summed E-state index contributed by atoms with van der Waals surface area (Å²) in [6, 6.07) is 15.5. The minimum absolute atomic E-state index is 0.174. The molecule has 134 valence electrons. The third kappa shape index (κ3) is 4.22. The van der Waals surface area contributed by atoms with E-state index >= 15 is 0 Å². The molecular weight excluding hydrogens is 326 g/mol. The zero-order valence-corrected chi connectivity index (χ0v) is 15.0. The Hall–Kier alpha value is -2.84. The van der Waals surface area contributed by atoms with Gasteiger partial charge >= 0.3 is 0 Å². The first kappa shape index (κ1) is 18.0. The Bertz CT molecular complexity index is 820. The predicted octanol–water partition coefficient (Wildman–Crippen LogP) is 3.23. The van der Waals surface area contributed by atoms with Gasteiger partial charge in [0.15, 0.2) is 0 Å². The number of hydrogen-bond acceptors (Lipinski definition) is 4. The van der Waals surface area contributed by atoms with Crippen molar-refractivity contribution in [1.29, 1.82) is 5.26 Å². The number of nitriles is 1. The van der Waals surface area contributed by atoms with Gasteiger partial charge in [0.1, 0.15) is 6.07 Å². The molecule has 1 aliphatic heterocycles. The molecule has 0 aliphatic carbocycles. The van der Waals surface area contributed by atoms with E-state index in [1.54, 1.807) is 19.2 Å². The number of ether oxygens (including phenoxy) is 1. The lowest BCUT2D eigenvalue weighted by molar-refractivity contribution is 0.0951. The molecule has 0 saturated carbocycles. The number of carbonyl (C=O) groups excluding carboxylic acids is 1. The van der Waals surface area contributed by atoms with Crippen LogP contribution in [0.5, 0.6) is 0 Å². The molecule has 0 atom stereocenters. The summed E-state index contributed by atoms with van der Waals surface area (Å²) in [5.74, 6) is -0.174. The molecule has 1 saturated heterocycles. The molecule has 2 aromatic rings. The van der Waals surface area contributed by atoms with Crippen molar-refractivity contribution in [3.05, 3.63) is 64.7 Å². The van der Waals surface area contributed by atoms with Gasteiger partial charge < -0.3 is 15.0 Å². The van der Waals surface area contributed by atoms with E-state index in [1.165, 1.54) is 0 Å². The largest absolute Gasteiger partial charge is 0.380 e. The lowest BCUT2D eigenvalue weighted by atomic mass is 10.1. The van der Waals surface area contributed by atoms with Crippen molar-refractivity contribution in [3.8, 4) is 6.07 Å². The third-order valence-electron chi connectivity index (χ3n) is 4.58. The summed E-state index contributed by atoms with van der Waals surface area (Å²) in [5.41, 5.74) is 4.08. The Morgan fingerprint density at radius 1 is 1.19 bits per heavy atom. The fraction of sp³-hybridized carbons (Fsp3) is 0.333. The summed E-state index contributed by atoms with van der Waals surface area (Å²) in [4.78, 5) is 14.7. The molecule has 26 heavy (non-hydrogen) atoms. The monoisotopic (exact) mass is 349 g/mol. The van der Waals surface area contributed by atoms with Crippen LogP contribution in [0.25, 0.3) is 0 Å². The molecule has 1 aliphatic rings. The van der Waals surface area contributed by atoms with Crippen molar-refractivity contribution in [2.45, 2.75) is 26.0 Å². The van der Waals surface area contributed by atoms with Crippen molar-refractivity contribution >= 4 is 11.6 Å². The number of hydrogen-bond donors (Lipinski definition) is 1. The SMILES string of the molecule is COCc1cccc(CNC(=O)c2ccc(N3CCCC3)c(C#N)c2)c1. The van der Waals surface area contributed by atoms with Crippen LogP contribution in [0.2, 0.25) is 0 Å². The average Bonchev–Trinajstić information content (AvgIpc) is 3.20. The first-order valence-corrected chi connectivity index (χ1v) is 8.85. The molecule has 2 aromatic carbocycles. The molecule has 0 radical (unpaired) electrons. The highest BCUT2D eigenvalue weighted by atomic mass is 16.5. The molecule has 1 amide bonds. The number of carbonyl (C=O) groups is 1. The van der Waals surface area contributed by atoms with Crippen LogP contribution in [0.4, 0.5) is 5.69 Å². The van der Waals surface area contributed by atoms with Gasteiger partial charge in [-0.05, 0) is 42.2 Å². The molecule has 3 rings (SSSR count). The molecule has 0 bridgehead atoms. The zero-order valence-electron chi connectivity index (χ0n) is 15.0. The van der Waals surface area contributed by atoms with Gasteiger partial charge in [-0.25, -0.2) is 0 Å². The number of methoxy groups -OCH3 is 1. The number of rotatable bonds is 6. The lowest BCUT2D eigenvalue weighted by Gasteiger charge is -2.19. The van der Waals surface area contributed by atoms with Gasteiger partial charge in [-0.15, -0.1) is 0 Å². The van der Waals surface area contributed by atoms with Crippen LogP contribution in [0.1, 0.15) is 39.9 Å². The summed E-state index contributed by atoms with van der Waals surface area (Å²) >= 11 is 0. The van der Waals surface area contributed by atoms with Gasteiger partial charge in [0.25, 0.3) is 5.91 Å². The molecule has 1 heterocycles. The molecule has 0 unspecified atom stereocenters. The summed E-state index contributed by atoms with van der Waals surface area (Å²) in [5, 5.41) is 12.4. The van der Waals surface area contributed by atoms with E-state index in [1.807, 2.05) is 30.3 Å². The maximum Gasteiger partial charge on any atom is 0.251 e. The molecule has 1 N–H and O–H groups in total. The fourth-order valence-corrected chi connectivity index (χ4v) is 3.28. The number of amides is 1. The molecule has 0 aromatic heterocycles. The van der Waals surface area contributed by atoms with Crippen LogP contribution < -0.4 is 10.2 Å². The highest BCUT2D eigenvalue weighted by Gasteiger charge is 2.17. The van der Waals surface area contributed by atoms with Crippen LogP contribution >= 0.6 is 0 Å². The number of nitrogens with one attached hydrogen (secondary N) is 1. The first-order chi connectivity index (χ1) is 12.7. The van der Waals surface area contributed by atoms with E-state index in [0.29, 0.717) is 24.3 Å². The van der Waals surface area contributed by atoms with Crippen molar-refractivity contribution in [2.75, 3.05) is 25.1 Å². The predicted molar refractivity (Wildman–Crippen MR) is 101 cm³/mol. The summed E-state index contributed by atoms with van der Waals surface area (Å²) in [7, 11) is 1.66. The van der Waals surface area contributed by atoms with Gasteiger partial charge in [-0.2, -0.15) is 5.26 Å². The molecule has 5 nitrogen and oxygen atoms in total. The average molecular weight is 349 g/mol. The Morgan fingerprint density at radius 3 is 2.69 bits per heavy atom. The second-order valence-corrected chi connectivity index (χ2v) is 6.47. The lowest BCUT2D eigenvalue weighted by Crippen LogP contribution is -2.24. The molecule has 1 fully saturated rings. The topological polar surface area (TPSA) is 65.4 Å². The maximum absolute atomic E-state index is 12.5. The van der Waals surface area contributed by atoms with Crippen LogP contribution in [0, 0.1) is 11.3 Å². The van der Waals surface area contributed by atoms with E-state index in [0.717, 1.165) is 42.7 Å². The van der Waals surface area contributed by atoms with Gasteiger partial charge in [-0.3, -0.25) is 4.79 Å². The quantitative estimate of drug-likeness (QED) is 0.869. The second kappa shape index (κ2) is 8.50. The summed E-state index contributed by atoms with van der Waals surface area (Å²) < 4.78 is 5.13. The van der Waals surface area contributed by atoms with Crippen LogP contribution in [-0.4, -0.2) is 26.1 Å². The Kier molecular flexibility index (Phi) is 5.88. The van der Waals surface area contributed by atoms with Gasteiger partial charge in [0.2, 0.25) is 0 Å². The fourth-order valence-electron chi connectivity index (χ4n) is 3.28. The minimum Gasteiger partial charge on any atom is -0.380 e. The number of nitrogens with zero attached hydrogens (tertiary/aromatic N) is 2. The maximum atomic E-state index is 12.5. The second-order valence-electron chi connectivity index (χ2n) is 6.47. The smallest absolute Gasteiger partial charge is 0.251 e. The van der Waals surface area contributed by atoms with Gasteiger partial charge in [0, 0.05) is 32.3 Å². The molecule has 5 heteroatoms. The third-order valence-corrected chi connectivity index (χ3v) is 4.58. The van der Waals surface area contributed by atoms with Crippen LogP contribution in [0.3, 0.4) is 0 Å². The van der Waals surface area contributed by atoms with Crippen molar-refractivity contribution in [1.82, 2.24) is 5.32 Å². The zero-order chi connectivity index (χ0) is 18.4. The van der Waals surface area contributed by atoms with Gasteiger partial charge in [-0.1, -0.05) is 24.3 Å². The molecular formula is C21H23N3O2. The van der Waals surface area contributed by atoms with Crippen molar-refractivity contribution in [3.63, 3.8) is 0 Å². The number of anilines is 1. The highest BCUT2D eigenvalue weighted by Crippen LogP contribution is 2.25. The van der Waals surface area contributed by atoms with Crippen molar-refractivity contribution < 1.29 is 9.53 Å². The Balaban J connectivity index is 1.68. The minimum atomic E-state index is -0.174. The summed E-state index contributed by atoms with van der Waals surface area (Å²) in [6.45, 7) is 2.92. The standard InChI is InChI=1S/C21H23N3O2/c1-26-15-17-6-4-5-16(11-17)14-23-21(25)18-7-8-20(19(12-18)13-22)24-9-2-3-10-24/h4-8,11-12H,2-3,9-10,14-15H2,1H3,(H,23,25). The van der Waals surface area contributed by atoms with E-state index in [4.69, 9.17) is 4.74 Å². The Labute approximate surface area is 154 Å². The van der Waals surface area contributed by atoms with E-state index in [2.05, 4.69) is 16.3 Å². The van der Waals surface area contributed by atoms with E-state index in [9.17, 15) is 10.1 Å². The highest BCUT2D eigenvalue weighted by molar-refractivity contribution is 5.95. The van der Waals surface area contributed by atoms with Crippen molar-refractivity contribution in [2.24, 2.45) is 0 Å². The Morgan fingerprint density at radius 2 is 1.96 bits per heavy atom. The first-order valence-electron chi connectivity index (χ1n) is 8.85. The summed E-state index contributed by atoms with van der Waals surface area (Å²) in [6.07, 6.45) is 2.30.